The number of hydrogen-bond acceptors (Lipinski definition) is 3. The molecule has 0 bridgehead atoms. The van der Waals surface area contributed by atoms with Crippen LogP contribution in [0.3, 0.4) is 0 Å². The van der Waals surface area contributed by atoms with Gasteiger partial charge in [-0.15, -0.1) is 0 Å². The first kappa shape index (κ1) is 14.1. The summed E-state index contributed by atoms with van der Waals surface area (Å²) in [7, 11) is 0. The standard InChI is InChI=1S/C14H24N4O/c1-4-6-14(7-5-8-15-14)13(19)17-12-9-16-18(10-12)11(2)3/h9-11,15H,4-8H2,1-3H3,(H,17,19). The molecule has 1 saturated heterocycles. The highest BCUT2D eigenvalue weighted by Crippen LogP contribution is 2.26. The zero-order chi connectivity index (χ0) is 13.9. The van der Waals surface area contributed by atoms with Gasteiger partial charge in [0.15, 0.2) is 0 Å². The normalized spacial score (nSPS) is 22.9. The third kappa shape index (κ3) is 2.97. The van der Waals surface area contributed by atoms with E-state index in [1.165, 1.54) is 0 Å². The molecule has 2 N–H and O–H groups in total. The van der Waals surface area contributed by atoms with Gasteiger partial charge in [0.2, 0.25) is 5.91 Å². The van der Waals surface area contributed by atoms with Gasteiger partial charge in [0.25, 0.3) is 0 Å². The molecule has 2 rings (SSSR count). The van der Waals surface area contributed by atoms with Gasteiger partial charge in [-0.05, 0) is 39.7 Å². The summed E-state index contributed by atoms with van der Waals surface area (Å²) in [6.07, 6.45) is 7.48. The highest BCUT2D eigenvalue weighted by molar-refractivity contribution is 5.98. The van der Waals surface area contributed by atoms with Crippen molar-refractivity contribution in [1.82, 2.24) is 15.1 Å². The number of carbonyl (C=O) groups is 1. The topological polar surface area (TPSA) is 59.0 Å². The number of aromatic nitrogens is 2. The second-order valence-electron chi connectivity index (χ2n) is 5.62. The van der Waals surface area contributed by atoms with E-state index in [2.05, 4.69) is 36.5 Å². The minimum absolute atomic E-state index is 0.0788. The molecule has 1 aromatic heterocycles. The molecule has 2 heterocycles. The maximum Gasteiger partial charge on any atom is 0.244 e. The molecule has 0 aliphatic carbocycles. The molecule has 0 aromatic carbocycles. The molecule has 0 spiro atoms. The van der Waals surface area contributed by atoms with Crippen LogP contribution in [0.5, 0.6) is 0 Å². The largest absolute Gasteiger partial charge is 0.322 e. The van der Waals surface area contributed by atoms with Crippen molar-refractivity contribution in [3.8, 4) is 0 Å². The lowest BCUT2D eigenvalue weighted by Crippen LogP contribution is -2.50. The molecule has 106 valence electrons. The van der Waals surface area contributed by atoms with Crippen molar-refractivity contribution in [3.05, 3.63) is 12.4 Å². The molecule has 1 aromatic rings. The van der Waals surface area contributed by atoms with Crippen LogP contribution in [0, 0.1) is 0 Å². The van der Waals surface area contributed by atoms with Gasteiger partial charge < -0.3 is 10.6 Å². The predicted molar refractivity (Wildman–Crippen MR) is 76.1 cm³/mol. The molecular weight excluding hydrogens is 240 g/mol. The zero-order valence-corrected chi connectivity index (χ0v) is 12.1. The number of anilines is 1. The van der Waals surface area contributed by atoms with Crippen LogP contribution < -0.4 is 10.6 Å². The van der Waals surface area contributed by atoms with Gasteiger partial charge in [-0.1, -0.05) is 13.3 Å². The van der Waals surface area contributed by atoms with Crippen molar-refractivity contribution >= 4 is 11.6 Å². The van der Waals surface area contributed by atoms with Crippen LogP contribution in [0.1, 0.15) is 52.5 Å². The minimum atomic E-state index is -0.380. The summed E-state index contributed by atoms with van der Waals surface area (Å²) in [6.45, 7) is 7.18. The Labute approximate surface area is 114 Å². The fourth-order valence-electron chi connectivity index (χ4n) is 2.69. The first-order valence-electron chi connectivity index (χ1n) is 7.18. The Morgan fingerprint density at radius 2 is 2.42 bits per heavy atom. The molecule has 5 nitrogen and oxygen atoms in total. The van der Waals surface area contributed by atoms with Gasteiger partial charge in [-0.2, -0.15) is 5.10 Å². The minimum Gasteiger partial charge on any atom is -0.322 e. The highest BCUT2D eigenvalue weighted by atomic mass is 16.2. The van der Waals surface area contributed by atoms with E-state index < -0.39 is 0 Å². The lowest BCUT2D eigenvalue weighted by molar-refractivity contribution is -0.122. The molecule has 5 heteroatoms. The maximum absolute atomic E-state index is 12.5. The van der Waals surface area contributed by atoms with Crippen molar-refractivity contribution in [3.63, 3.8) is 0 Å². The average Bonchev–Trinajstić information content (AvgIpc) is 2.99. The maximum atomic E-state index is 12.5. The molecule has 19 heavy (non-hydrogen) atoms. The van der Waals surface area contributed by atoms with Crippen LogP contribution in [-0.4, -0.2) is 27.8 Å². The molecule has 0 radical (unpaired) electrons. The molecular formula is C14H24N4O. The first-order valence-corrected chi connectivity index (χ1v) is 7.18. The van der Waals surface area contributed by atoms with E-state index in [-0.39, 0.29) is 11.4 Å². The van der Waals surface area contributed by atoms with Crippen LogP contribution in [0.2, 0.25) is 0 Å². The van der Waals surface area contributed by atoms with E-state index in [4.69, 9.17) is 0 Å². The van der Waals surface area contributed by atoms with Crippen molar-refractivity contribution in [2.75, 3.05) is 11.9 Å². The number of hydrogen-bond donors (Lipinski definition) is 2. The van der Waals surface area contributed by atoms with Crippen molar-refractivity contribution in [2.24, 2.45) is 0 Å². The van der Waals surface area contributed by atoms with Crippen LogP contribution >= 0.6 is 0 Å². The lowest BCUT2D eigenvalue weighted by Gasteiger charge is -2.27. The number of rotatable bonds is 5. The van der Waals surface area contributed by atoms with Crippen molar-refractivity contribution < 1.29 is 4.79 Å². The number of amides is 1. The van der Waals surface area contributed by atoms with Crippen LogP contribution in [0.15, 0.2) is 12.4 Å². The Balaban J connectivity index is 2.06. The third-order valence-electron chi connectivity index (χ3n) is 3.74. The van der Waals surface area contributed by atoms with E-state index >= 15 is 0 Å². The van der Waals surface area contributed by atoms with E-state index in [1.54, 1.807) is 6.20 Å². The van der Waals surface area contributed by atoms with Crippen LogP contribution in [-0.2, 0) is 4.79 Å². The zero-order valence-electron chi connectivity index (χ0n) is 12.1. The molecule has 1 atom stereocenters. The van der Waals surface area contributed by atoms with Crippen molar-refractivity contribution in [1.29, 1.82) is 0 Å². The van der Waals surface area contributed by atoms with Gasteiger partial charge in [0.1, 0.15) is 0 Å². The lowest BCUT2D eigenvalue weighted by atomic mass is 9.91. The van der Waals surface area contributed by atoms with Gasteiger partial charge >= 0.3 is 0 Å². The molecule has 1 fully saturated rings. The molecule has 0 saturated carbocycles. The Kier molecular flexibility index (Phi) is 4.24. The summed E-state index contributed by atoms with van der Waals surface area (Å²) >= 11 is 0. The predicted octanol–water partition coefficient (Wildman–Crippen LogP) is 2.32. The first-order chi connectivity index (χ1) is 9.07. The fourth-order valence-corrected chi connectivity index (χ4v) is 2.69. The highest BCUT2D eigenvalue weighted by Gasteiger charge is 2.39. The van der Waals surface area contributed by atoms with E-state index in [9.17, 15) is 4.79 Å². The fraction of sp³-hybridized carbons (Fsp3) is 0.714. The van der Waals surface area contributed by atoms with Crippen molar-refractivity contribution in [2.45, 2.75) is 58.0 Å². The van der Waals surface area contributed by atoms with Gasteiger partial charge in [-0.3, -0.25) is 9.48 Å². The van der Waals surface area contributed by atoms with Crippen LogP contribution in [0.25, 0.3) is 0 Å². The third-order valence-corrected chi connectivity index (χ3v) is 3.74. The summed E-state index contributed by atoms with van der Waals surface area (Å²) in [6, 6.07) is 0.305. The summed E-state index contributed by atoms with van der Waals surface area (Å²) < 4.78 is 1.85. The Hall–Kier alpha value is -1.36. The summed E-state index contributed by atoms with van der Waals surface area (Å²) in [5, 5.41) is 10.6. The summed E-state index contributed by atoms with van der Waals surface area (Å²) in [4.78, 5) is 12.5. The number of carbonyl (C=O) groups excluding carboxylic acids is 1. The van der Waals surface area contributed by atoms with E-state index in [1.807, 2.05) is 10.9 Å². The molecule has 1 aliphatic rings. The molecule has 1 aliphatic heterocycles. The second kappa shape index (κ2) is 5.74. The monoisotopic (exact) mass is 264 g/mol. The quantitative estimate of drug-likeness (QED) is 0.858. The van der Waals surface area contributed by atoms with Gasteiger partial charge in [-0.25, -0.2) is 0 Å². The smallest absolute Gasteiger partial charge is 0.244 e. The Morgan fingerprint density at radius 3 is 2.95 bits per heavy atom. The summed E-state index contributed by atoms with van der Waals surface area (Å²) in [5.74, 6) is 0.0788. The van der Waals surface area contributed by atoms with E-state index in [0.717, 1.165) is 37.9 Å². The number of nitrogens with zero attached hydrogens (tertiary/aromatic N) is 2. The Morgan fingerprint density at radius 1 is 1.63 bits per heavy atom. The molecule has 1 amide bonds. The summed E-state index contributed by atoms with van der Waals surface area (Å²) in [5.41, 5.74) is 0.400. The van der Waals surface area contributed by atoms with E-state index in [0.29, 0.717) is 6.04 Å². The van der Waals surface area contributed by atoms with Gasteiger partial charge in [0, 0.05) is 12.2 Å². The SMILES string of the molecule is CCCC1(C(=O)Nc2cnn(C(C)C)c2)CCCN1. The average molecular weight is 264 g/mol. The molecule has 1 unspecified atom stereocenters. The van der Waals surface area contributed by atoms with Gasteiger partial charge in [0.05, 0.1) is 17.4 Å². The second-order valence-corrected chi connectivity index (χ2v) is 5.62. The van der Waals surface area contributed by atoms with Crippen LogP contribution in [0.4, 0.5) is 5.69 Å². The number of nitrogens with one attached hydrogen (secondary N) is 2. The Bertz CT molecular complexity index is 432.